The van der Waals surface area contributed by atoms with Crippen LogP contribution in [0.2, 0.25) is 0 Å². The van der Waals surface area contributed by atoms with E-state index < -0.39 is 11.7 Å². The first-order valence-corrected chi connectivity index (χ1v) is 10.4. The van der Waals surface area contributed by atoms with Crippen molar-refractivity contribution in [2.75, 3.05) is 13.1 Å². The third-order valence-corrected chi connectivity index (χ3v) is 5.31. The SMILES string of the molecule is Cc1cc(-c2cc(C(=O)NCCNC(=O)c3ccc(C)c(F)c3)c3c(C)noc3n2)c(C)o1. The van der Waals surface area contributed by atoms with E-state index in [9.17, 15) is 14.0 Å². The van der Waals surface area contributed by atoms with E-state index in [0.717, 1.165) is 11.3 Å². The number of rotatable bonds is 6. The minimum absolute atomic E-state index is 0.170. The number of hydrogen-bond donors (Lipinski definition) is 2. The number of amides is 2. The second-order valence-corrected chi connectivity index (χ2v) is 7.81. The highest BCUT2D eigenvalue weighted by Gasteiger charge is 2.21. The average molecular weight is 450 g/mol. The van der Waals surface area contributed by atoms with Crippen LogP contribution in [0, 0.1) is 33.5 Å². The molecule has 8 nitrogen and oxygen atoms in total. The van der Waals surface area contributed by atoms with Crippen LogP contribution in [0.5, 0.6) is 0 Å². The van der Waals surface area contributed by atoms with Gasteiger partial charge in [-0.2, -0.15) is 0 Å². The van der Waals surface area contributed by atoms with Gasteiger partial charge in [0.1, 0.15) is 17.3 Å². The second-order valence-electron chi connectivity index (χ2n) is 7.81. The van der Waals surface area contributed by atoms with Crippen LogP contribution in [0.4, 0.5) is 4.39 Å². The van der Waals surface area contributed by atoms with Gasteiger partial charge >= 0.3 is 0 Å². The molecule has 0 spiro atoms. The van der Waals surface area contributed by atoms with E-state index in [1.54, 1.807) is 32.0 Å². The maximum absolute atomic E-state index is 13.7. The molecule has 3 aromatic heterocycles. The Hall–Kier alpha value is -4.01. The number of furan rings is 1. The Morgan fingerprint density at radius 1 is 1.00 bits per heavy atom. The molecule has 33 heavy (non-hydrogen) atoms. The van der Waals surface area contributed by atoms with Gasteiger partial charge in [0.25, 0.3) is 17.5 Å². The van der Waals surface area contributed by atoms with Gasteiger partial charge in [0.05, 0.1) is 22.3 Å². The van der Waals surface area contributed by atoms with E-state index >= 15 is 0 Å². The van der Waals surface area contributed by atoms with Crippen LogP contribution < -0.4 is 10.6 Å². The van der Waals surface area contributed by atoms with E-state index in [2.05, 4.69) is 20.8 Å². The van der Waals surface area contributed by atoms with Crippen molar-refractivity contribution in [1.82, 2.24) is 20.8 Å². The van der Waals surface area contributed by atoms with E-state index in [1.165, 1.54) is 6.07 Å². The topological polar surface area (TPSA) is 110 Å². The first-order valence-electron chi connectivity index (χ1n) is 10.4. The highest BCUT2D eigenvalue weighted by atomic mass is 19.1. The van der Waals surface area contributed by atoms with E-state index in [1.807, 2.05) is 19.9 Å². The summed E-state index contributed by atoms with van der Waals surface area (Å²) in [6.45, 7) is 7.36. The number of nitrogens with zero attached hydrogens (tertiary/aromatic N) is 2. The van der Waals surface area contributed by atoms with Crippen molar-refractivity contribution in [3.05, 3.63) is 70.1 Å². The predicted octanol–water partition coefficient (Wildman–Crippen LogP) is 4.02. The van der Waals surface area contributed by atoms with Gasteiger partial charge in [0.15, 0.2) is 0 Å². The summed E-state index contributed by atoms with van der Waals surface area (Å²) in [6.07, 6.45) is 0. The molecule has 0 unspecified atom stereocenters. The van der Waals surface area contributed by atoms with Crippen LogP contribution >= 0.6 is 0 Å². The standard InChI is InChI=1S/C24H23FN4O4/c1-12-5-6-16(10-19(12)25)22(30)26-7-8-27-23(31)18-11-20(17-9-13(2)32-15(17)4)28-24-21(18)14(3)29-33-24/h5-6,9-11H,7-8H2,1-4H3,(H,26,30)(H,27,31). The number of pyridine rings is 1. The molecule has 0 atom stereocenters. The highest BCUT2D eigenvalue weighted by molar-refractivity contribution is 6.07. The predicted molar refractivity (Wildman–Crippen MR) is 120 cm³/mol. The molecule has 9 heteroatoms. The van der Waals surface area contributed by atoms with E-state index in [4.69, 9.17) is 8.94 Å². The first-order chi connectivity index (χ1) is 15.7. The van der Waals surface area contributed by atoms with Gasteiger partial charge in [-0.25, -0.2) is 9.37 Å². The van der Waals surface area contributed by atoms with Crippen LogP contribution in [0.25, 0.3) is 22.4 Å². The Balaban J connectivity index is 1.48. The summed E-state index contributed by atoms with van der Waals surface area (Å²) in [7, 11) is 0. The Morgan fingerprint density at radius 3 is 2.39 bits per heavy atom. The fourth-order valence-corrected chi connectivity index (χ4v) is 3.58. The van der Waals surface area contributed by atoms with Gasteiger partial charge in [-0.05, 0) is 57.5 Å². The minimum atomic E-state index is -0.444. The summed E-state index contributed by atoms with van der Waals surface area (Å²) < 4.78 is 24.6. The molecule has 1 aromatic carbocycles. The monoisotopic (exact) mass is 450 g/mol. The molecule has 0 bridgehead atoms. The summed E-state index contributed by atoms with van der Waals surface area (Å²) in [6, 6.07) is 7.80. The van der Waals surface area contributed by atoms with Crippen molar-refractivity contribution in [2.24, 2.45) is 0 Å². The molecule has 4 rings (SSSR count). The van der Waals surface area contributed by atoms with Crippen LogP contribution in [-0.4, -0.2) is 35.0 Å². The van der Waals surface area contributed by atoms with Gasteiger partial charge in [0.2, 0.25) is 0 Å². The molecule has 0 fully saturated rings. The number of aryl methyl sites for hydroxylation is 4. The summed E-state index contributed by atoms with van der Waals surface area (Å²) in [4.78, 5) is 29.7. The Kier molecular flexibility index (Phi) is 5.95. The third-order valence-electron chi connectivity index (χ3n) is 5.31. The molecular formula is C24H23FN4O4. The fourth-order valence-electron chi connectivity index (χ4n) is 3.58. The Bertz CT molecular complexity index is 1370. The number of aromatic nitrogens is 2. The lowest BCUT2D eigenvalue weighted by molar-refractivity contribution is 0.0928. The highest BCUT2D eigenvalue weighted by Crippen LogP contribution is 2.30. The number of nitrogens with one attached hydrogen (secondary N) is 2. The summed E-state index contributed by atoms with van der Waals surface area (Å²) in [5.74, 6) is 0.187. The molecule has 2 amide bonds. The van der Waals surface area contributed by atoms with Crippen LogP contribution in [0.1, 0.15) is 43.5 Å². The molecule has 0 aliphatic rings. The molecule has 0 radical (unpaired) electrons. The van der Waals surface area contributed by atoms with Crippen LogP contribution in [-0.2, 0) is 0 Å². The average Bonchev–Trinajstić information content (AvgIpc) is 3.33. The lowest BCUT2D eigenvalue weighted by Crippen LogP contribution is -2.34. The summed E-state index contributed by atoms with van der Waals surface area (Å²) >= 11 is 0. The van der Waals surface area contributed by atoms with Crippen LogP contribution in [0.15, 0.2) is 39.3 Å². The lowest BCUT2D eigenvalue weighted by Gasteiger charge is -2.09. The zero-order valence-electron chi connectivity index (χ0n) is 18.7. The van der Waals surface area contributed by atoms with Gasteiger partial charge in [-0.1, -0.05) is 11.2 Å². The maximum Gasteiger partial charge on any atom is 0.259 e. The number of halogens is 1. The molecule has 170 valence electrons. The molecule has 0 saturated carbocycles. The summed E-state index contributed by atoms with van der Waals surface area (Å²) in [5, 5.41) is 9.91. The van der Waals surface area contributed by atoms with Gasteiger partial charge in [0, 0.05) is 24.2 Å². The lowest BCUT2D eigenvalue weighted by atomic mass is 10.1. The van der Waals surface area contributed by atoms with Crippen molar-refractivity contribution < 1.29 is 22.9 Å². The van der Waals surface area contributed by atoms with Crippen molar-refractivity contribution in [2.45, 2.75) is 27.7 Å². The number of fused-ring (bicyclic) bond motifs is 1. The molecule has 4 aromatic rings. The van der Waals surface area contributed by atoms with Gasteiger partial charge in [-0.3, -0.25) is 9.59 Å². The van der Waals surface area contributed by atoms with Crippen molar-refractivity contribution >= 4 is 22.9 Å². The van der Waals surface area contributed by atoms with Crippen molar-refractivity contribution in [3.63, 3.8) is 0 Å². The van der Waals surface area contributed by atoms with Gasteiger partial charge in [-0.15, -0.1) is 0 Å². The molecule has 0 aliphatic heterocycles. The zero-order valence-corrected chi connectivity index (χ0v) is 18.7. The number of carbonyl (C=O) groups is 2. The third kappa shape index (κ3) is 4.48. The number of hydrogen-bond acceptors (Lipinski definition) is 6. The first kappa shape index (κ1) is 22.2. The summed E-state index contributed by atoms with van der Waals surface area (Å²) in [5.41, 5.74) is 3.14. The fraction of sp³-hybridized carbons (Fsp3) is 0.250. The smallest absolute Gasteiger partial charge is 0.259 e. The number of carbonyl (C=O) groups excluding carboxylic acids is 2. The molecule has 2 N–H and O–H groups in total. The Labute approximate surface area is 189 Å². The van der Waals surface area contributed by atoms with Crippen molar-refractivity contribution in [3.8, 4) is 11.3 Å². The van der Waals surface area contributed by atoms with Crippen molar-refractivity contribution in [1.29, 1.82) is 0 Å². The maximum atomic E-state index is 13.7. The zero-order chi connectivity index (χ0) is 23.7. The quantitative estimate of drug-likeness (QED) is 0.430. The minimum Gasteiger partial charge on any atom is -0.466 e. The number of benzene rings is 1. The molecule has 3 heterocycles. The molecular weight excluding hydrogens is 427 g/mol. The Morgan fingerprint density at radius 2 is 1.73 bits per heavy atom. The molecule has 0 aliphatic carbocycles. The second kappa shape index (κ2) is 8.85. The normalized spacial score (nSPS) is 11.1. The largest absolute Gasteiger partial charge is 0.466 e. The van der Waals surface area contributed by atoms with Crippen LogP contribution in [0.3, 0.4) is 0 Å². The van der Waals surface area contributed by atoms with Gasteiger partial charge < -0.3 is 19.6 Å². The van der Waals surface area contributed by atoms with E-state index in [-0.39, 0.29) is 30.3 Å². The van der Waals surface area contributed by atoms with E-state index in [0.29, 0.717) is 33.7 Å². The molecule has 0 saturated heterocycles.